The lowest BCUT2D eigenvalue weighted by Gasteiger charge is -2.15. The summed E-state index contributed by atoms with van der Waals surface area (Å²) in [4.78, 5) is 12.3. The largest absolute Gasteiger partial charge is 0.321 e. The Balaban J connectivity index is 1.69. The summed E-state index contributed by atoms with van der Waals surface area (Å²) in [5.41, 5.74) is 1.47. The van der Waals surface area contributed by atoms with Crippen molar-refractivity contribution in [1.82, 2.24) is 4.31 Å². The average Bonchev–Trinajstić information content (AvgIpc) is 3.15. The van der Waals surface area contributed by atoms with Gasteiger partial charge in [-0.2, -0.15) is 0 Å². The van der Waals surface area contributed by atoms with E-state index in [1.54, 1.807) is 42.5 Å². The first kappa shape index (κ1) is 19.2. The second-order valence-electron chi connectivity index (χ2n) is 6.11. The molecule has 2 aromatic carbocycles. The van der Waals surface area contributed by atoms with E-state index < -0.39 is 10.0 Å². The molecular formula is C18H18Cl2N2O3S. The maximum atomic E-state index is 12.4. The van der Waals surface area contributed by atoms with Crippen molar-refractivity contribution in [1.29, 1.82) is 0 Å². The lowest BCUT2D eigenvalue weighted by molar-refractivity contribution is 0.102. The zero-order valence-electron chi connectivity index (χ0n) is 13.9. The number of hydrogen-bond acceptors (Lipinski definition) is 3. The molecule has 3 rings (SSSR count). The van der Waals surface area contributed by atoms with Crippen LogP contribution in [0.2, 0.25) is 10.0 Å². The summed E-state index contributed by atoms with van der Waals surface area (Å²) in [6.07, 6.45) is 1.81. The first-order chi connectivity index (χ1) is 12.4. The molecule has 0 aliphatic carbocycles. The zero-order valence-corrected chi connectivity index (χ0v) is 16.2. The van der Waals surface area contributed by atoms with E-state index in [0.717, 1.165) is 12.8 Å². The normalized spacial score (nSPS) is 15.2. The van der Waals surface area contributed by atoms with E-state index in [0.29, 0.717) is 34.9 Å². The number of nitrogens with one attached hydrogen (secondary N) is 1. The predicted octanol–water partition coefficient (Wildman–Crippen LogP) is 4.17. The second-order valence-corrected chi connectivity index (χ2v) is 8.87. The first-order valence-electron chi connectivity index (χ1n) is 8.19. The molecule has 1 aliphatic heterocycles. The summed E-state index contributed by atoms with van der Waals surface area (Å²) in [5.74, 6) is -0.405. The van der Waals surface area contributed by atoms with Crippen LogP contribution in [0.25, 0.3) is 0 Å². The highest BCUT2D eigenvalue weighted by atomic mass is 35.5. The molecule has 1 aliphatic rings. The topological polar surface area (TPSA) is 66.5 Å². The monoisotopic (exact) mass is 412 g/mol. The Kier molecular flexibility index (Phi) is 5.87. The summed E-state index contributed by atoms with van der Waals surface area (Å²) in [7, 11) is -3.30. The number of nitrogens with zero attached hydrogens (tertiary/aromatic N) is 1. The van der Waals surface area contributed by atoms with Crippen LogP contribution in [0.1, 0.15) is 28.8 Å². The van der Waals surface area contributed by atoms with Gasteiger partial charge in [-0.1, -0.05) is 41.4 Å². The third kappa shape index (κ3) is 4.38. The summed E-state index contributed by atoms with van der Waals surface area (Å²) < 4.78 is 26.2. The van der Waals surface area contributed by atoms with Crippen LogP contribution in [0.4, 0.5) is 5.69 Å². The molecule has 1 fully saturated rings. The molecular weight excluding hydrogens is 395 g/mol. The number of anilines is 1. The van der Waals surface area contributed by atoms with Crippen LogP contribution in [-0.4, -0.2) is 31.7 Å². The number of rotatable bonds is 5. The Morgan fingerprint density at radius 2 is 1.69 bits per heavy atom. The van der Waals surface area contributed by atoms with Gasteiger partial charge in [-0.3, -0.25) is 4.79 Å². The fourth-order valence-electron chi connectivity index (χ4n) is 2.82. The van der Waals surface area contributed by atoms with Crippen molar-refractivity contribution >= 4 is 44.8 Å². The fraction of sp³-hybridized carbons (Fsp3) is 0.278. The van der Waals surface area contributed by atoms with Crippen LogP contribution in [0.15, 0.2) is 42.5 Å². The van der Waals surface area contributed by atoms with E-state index in [-0.39, 0.29) is 16.7 Å². The quantitative estimate of drug-likeness (QED) is 0.800. The molecule has 0 aromatic heterocycles. The van der Waals surface area contributed by atoms with Gasteiger partial charge in [0.2, 0.25) is 10.0 Å². The summed E-state index contributed by atoms with van der Waals surface area (Å²) in [5, 5.41) is 3.33. The van der Waals surface area contributed by atoms with Crippen molar-refractivity contribution < 1.29 is 13.2 Å². The second kappa shape index (κ2) is 7.96. The number of sulfonamides is 1. The number of amides is 1. The molecule has 8 heteroatoms. The Hall–Kier alpha value is -1.60. The van der Waals surface area contributed by atoms with E-state index in [2.05, 4.69) is 5.32 Å². The molecule has 0 unspecified atom stereocenters. The lowest BCUT2D eigenvalue weighted by atomic mass is 10.1. The highest BCUT2D eigenvalue weighted by Gasteiger charge is 2.25. The molecule has 5 nitrogen and oxygen atoms in total. The van der Waals surface area contributed by atoms with E-state index in [4.69, 9.17) is 23.2 Å². The number of carbonyl (C=O) groups is 1. The van der Waals surface area contributed by atoms with Crippen LogP contribution < -0.4 is 5.32 Å². The molecule has 0 atom stereocenters. The third-order valence-electron chi connectivity index (χ3n) is 4.22. The molecule has 0 spiro atoms. The minimum atomic E-state index is -3.30. The predicted molar refractivity (Wildman–Crippen MR) is 104 cm³/mol. The summed E-state index contributed by atoms with van der Waals surface area (Å²) >= 11 is 12.0. The minimum absolute atomic E-state index is 0.0605. The molecule has 1 saturated heterocycles. The minimum Gasteiger partial charge on any atom is -0.321 e. The van der Waals surface area contributed by atoms with Gasteiger partial charge in [0.1, 0.15) is 0 Å². The van der Waals surface area contributed by atoms with Gasteiger partial charge in [0, 0.05) is 18.7 Å². The Morgan fingerprint density at radius 3 is 2.35 bits per heavy atom. The molecule has 26 heavy (non-hydrogen) atoms. The van der Waals surface area contributed by atoms with Crippen LogP contribution in [0, 0.1) is 0 Å². The number of carbonyl (C=O) groups excluding carboxylic acids is 1. The third-order valence-corrected chi connectivity index (χ3v) is 6.89. The van der Waals surface area contributed by atoms with Crippen LogP contribution in [0.3, 0.4) is 0 Å². The Bertz CT molecular complexity index is 909. The summed E-state index contributed by atoms with van der Waals surface area (Å²) in [6.45, 7) is 1.17. The number of benzene rings is 2. The molecule has 138 valence electrons. The van der Waals surface area contributed by atoms with Gasteiger partial charge in [-0.25, -0.2) is 12.7 Å². The number of hydrogen-bond donors (Lipinski definition) is 1. The van der Waals surface area contributed by atoms with Crippen molar-refractivity contribution in [2.75, 3.05) is 18.4 Å². The Morgan fingerprint density at radius 1 is 1.04 bits per heavy atom. The van der Waals surface area contributed by atoms with Gasteiger partial charge in [-0.15, -0.1) is 0 Å². The van der Waals surface area contributed by atoms with Crippen LogP contribution in [-0.2, 0) is 15.8 Å². The maximum absolute atomic E-state index is 12.4. The van der Waals surface area contributed by atoms with Gasteiger partial charge in [0.25, 0.3) is 5.91 Å². The molecule has 1 heterocycles. The van der Waals surface area contributed by atoms with Gasteiger partial charge in [-0.05, 0) is 42.7 Å². The van der Waals surface area contributed by atoms with Crippen molar-refractivity contribution in [3.05, 3.63) is 63.6 Å². The highest BCUT2D eigenvalue weighted by Crippen LogP contribution is 2.29. The zero-order chi connectivity index (χ0) is 18.7. The molecule has 0 bridgehead atoms. The van der Waals surface area contributed by atoms with E-state index in [9.17, 15) is 13.2 Å². The van der Waals surface area contributed by atoms with E-state index >= 15 is 0 Å². The standard InChI is InChI=1S/C18H18Cl2N2O3S/c19-15-4-3-5-16(17(15)20)21-18(23)14-8-6-13(7-9-14)12-26(24,25)22-10-1-2-11-22/h3-9H,1-2,10-12H2,(H,21,23). The first-order valence-corrected chi connectivity index (χ1v) is 10.6. The van der Waals surface area contributed by atoms with Crippen molar-refractivity contribution in [2.24, 2.45) is 0 Å². The van der Waals surface area contributed by atoms with Crippen LogP contribution in [0.5, 0.6) is 0 Å². The maximum Gasteiger partial charge on any atom is 0.255 e. The highest BCUT2D eigenvalue weighted by molar-refractivity contribution is 7.88. The van der Waals surface area contributed by atoms with Crippen LogP contribution >= 0.6 is 23.2 Å². The Labute approximate surface area is 163 Å². The van der Waals surface area contributed by atoms with Gasteiger partial charge in [0.05, 0.1) is 21.5 Å². The van der Waals surface area contributed by atoms with Crippen molar-refractivity contribution in [3.8, 4) is 0 Å². The van der Waals surface area contributed by atoms with Gasteiger partial charge >= 0.3 is 0 Å². The van der Waals surface area contributed by atoms with Gasteiger partial charge < -0.3 is 5.32 Å². The molecule has 0 saturated carbocycles. The van der Waals surface area contributed by atoms with Crippen molar-refractivity contribution in [3.63, 3.8) is 0 Å². The van der Waals surface area contributed by atoms with Gasteiger partial charge in [0.15, 0.2) is 0 Å². The van der Waals surface area contributed by atoms with Crippen molar-refractivity contribution in [2.45, 2.75) is 18.6 Å². The molecule has 1 amide bonds. The average molecular weight is 413 g/mol. The lowest BCUT2D eigenvalue weighted by Crippen LogP contribution is -2.29. The van der Waals surface area contributed by atoms with E-state index in [1.807, 2.05) is 0 Å². The fourth-order valence-corrected chi connectivity index (χ4v) is 4.77. The molecule has 2 aromatic rings. The SMILES string of the molecule is O=C(Nc1cccc(Cl)c1Cl)c1ccc(CS(=O)(=O)N2CCCC2)cc1. The number of halogens is 2. The summed E-state index contributed by atoms with van der Waals surface area (Å²) in [6, 6.07) is 11.5. The smallest absolute Gasteiger partial charge is 0.255 e. The van der Waals surface area contributed by atoms with E-state index in [1.165, 1.54) is 4.31 Å². The molecule has 0 radical (unpaired) electrons. The molecule has 1 N–H and O–H groups in total.